The van der Waals surface area contributed by atoms with Crippen LogP contribution in [0.2, 0.25) is 0 Å². The number of benzene rings is 2. The number of rotatable bonds is 8. The normalized spacial score (nSPS) is 12.5. The topological polar surface area (TPSA) is 108 Å². The highest BCUT2D eigenvalue weighted by Crippen LogP contribution is 2.25. The lowest BCUT2D eigenvalue weighted by Gasteiger charge is -2.21. The van der Waals surface area contributed by atoms with Gasteiger partial charge in [0.2, 0.25) is 0 Å². The highest BCUT2D eigenvalue weighted by atomic mass is 32.2. The molecule has 9 heteroatoms. The SMILES string of the molecule is CCOC(=O)C(CNC(=O)OC(C)(C)C)c1cccc(OS(=O)(=O)c2ccc(C)cc2)c1. The van der Waals surface area contributed by atoms with Crippen molar-refractivity contribution < 1.29 is 31.7 Å². The second kappa shape index (κ2) is 10.5. The first-order chi connectivity index (χ1) is 14.9. The second-order valence-electron chi connectivity index (χ2n) is 8.11. The molecule has 0 bridgehead atoms. The summed E-state index contributed by atoms with van der Waals surface area (Å²) in [6.45, 7) is 8.76. The molecule has 0 saturated heterocycles. The number of aryl methyl sites for hydroxylation is 1. The molecule has 0 fully saturated rings. The van der Waals surface area contributed by atoms with Crippen LogP contribution in [0.25, 0.3) is 0 Å². The fraction of sp³-hybridized carbons (Fsp3) is 0.391. The van der Waals surface area contributed by atoms with Gasteiger partial charge in [0, 0.05) is 6.54 Å². The van der Waals surface area contributed by atoms with E-state index in [-0.39, 0.29) is 23.8 Å². The van der Waals surface area contributed by atoms with E-state index < -0.39 is 33.7 Å². The molecule has 1 N–H and O–H groups in total. The van der Waals surface area contributed by atoms with Crippen molar-refractivity contribution in [3.05, 3.63) is 59.7 Å². The van der Waals surface area contributed by atoms with E-state index in [2.05, 4.69) is 5.32 Å². The van der Waals surface area contributed by atoms with Crippen molar-refractivity contribution >= 4 is 22.2 Å². The molecule has 0 saturated carbocycles. The third kappa shape index (κ3) is 7.56. The van der Waals surface area contributed by atoms with Gasteiger partial charge in [0.15, 0.2) is 0 Å². The van der Waals surface area contributed by atoms with Gasteiger partial charge in [-0.2, -0.15) is 8.42 Å². The smallest absolute Gasteiger partial charge is 0.407 e. The average Bonchev–Trinajstić information content (AvgIpc) is 2.67. The van der Waals surface area contributed by atoms with Crippen LogP contribution in [0.15, 0.2) is 53.4 Å². The van der Waals surface area contributed by atoms with E-state index in [0.717, 1.165) is 5.56 Å². The molecule has 0 heterocycles. The van der Waals surface area contributed by atoms with Gasteiger partial charge in [-0.1, -0.05) is 29.8 Å². The zero-order valence-electron chi connectivity index (χ0n) is 18.9. The Kier molecular flexibility index (Phi) is 8.26. The standard InChI is InChI=1S/C23H29NO7S/c1-6-29-21(25)20(15-24-22(26)30-23(3,4)5)17-8-7-9-18(14-17)31-32(27,28)19-12-10-16(2)11-13-19/h7-14,20H,6,15H2,1-5H3,(H,24,26). The van der Waals surface area contributed by atoms with Crippen molar-refractivity contribution in [2.45, 2.75) is 51.0 Å². The molecule has 0 spiro atoms. The monoisotopic (exact) mass is 463 g/mol. The van der Waals surface area contributed by atoms with Crippen LogP contribution >= 0.6 is 0 Å². The number of hydrogen-bond donors (Lipinski definition) is 1. The van der Waals surface area contributed by atoms with E-state index >= 15 is 0 Å². The predicted molar refractivity (Wildman–Crippen MR) is 119 cm³/mol. The van der Waals surface area contributed by atoms with E-state index in [4.69, 9.17) is 13.7 Å². The fourth-order valence-corrected chi connectivity index (χ4v) is 3.67. The van der Waals surface area contributed by atoms with Crippen molar-refractivity contribution in [3.8, 4) is 5.75 Å². The molecule has 1 amide bonds. The van der Waals surface area contributed by atoms with Crippen LogP contribution in [0.4, 0.5) is 4.79 Å². The summed E-state index contributed by atoms with van der Waals surface area (Å²) < 4.78 is 40.8. The first-order valence-electron chi connectivity index (χ1n) is 10.2. The molecule has 0 aliphatic carbocycles. The molecule has 174 valence electrons. The Morgan fingerprint density at radius 3 is 2.31 bits per heavy atom. The highest BCUT2D eigenvalue weighted by Gasteiger charge is 2.26. The minimum atomic E-state index is -4.05. The quantitative estimate of drug-likeness (QED) is 0.467. The van der Waals surface area contributed by atoms with E-state index in [1.165, 1.54) is 24.3 Å². The molecule has 2 aromatic carbocycles. The van der Waals surface area contributed by atoms with Crippen molar-refractivity contribution in [1.82, 2.24) is 5.32 Å². The molecule has 1 atom stereocenters. The number of carbonyl (C=O) groups excluding carboxylic acids is 2. The third-order valence-electron chi connectivity index (χ3n) is 4.20. The lowest BCUT2D eigenvalue weighted by atomic mass is 9.99. The molecule has 1 unspecified atom stereocenters. The Morgan fingerprint density at radius 1 is 1.06 bits per heavy atom. The third-order valence-corrected chi connectivity index (χ3v) is 5.46. The van der Waals surface area contributed by atoms with Gasteiger partial charge in [-0.15, -0.1) is 0 Å². The van der Waals surface area contributed by atoms with Gasteiger partial charge in [0.05, 0.1) is 12.5 Å². The first-order valence-corrected chi connectivity index (χ1v) is 11.6. The summed E-state index contributed by atoms with van der Waals surface area (Å²) in [5.74, 6) is -1.41. The van der Waals surface area contributed by atoms with Crippen molar-refractivity contribution in [3.63, 3.8) is 0 Å². The zero-order chi connectivity index (χ0) is 23.9. The maximum absolute atomic E-state index is 12.6. The lowest BCUT2D eigenvalue weighted by molar-refractivity contribution is -0.144. The summed E-state index contributed by atoms with van der Waals surface area (Å²) in [7, 11) is -4.05. The number of esters is 1. The van der Waals surface area contributed by atoms with Crippen molar-refractivity contribution in [2.75, 3.05) is 13.2 Å². The molecule has 0 radical (unpaired) electrons. The van der Waals surface area contributed by atoms with Gasteiger partial charge in [0.25, 0.3) is 0 Å². The maximum Gasteiger partial charge on any atom is 0.407 e. The lowest BCUT2D eigenvalue weighted by Crippen LogP contribution is -2.36. The molecule has 2 rings (SSSR count). The Balaban J connectivity index is 2.23. The Labute approximate surface area is 189 Å². The molecular formula is C23H29NO7S. The molecule has 0 aromatic heterocycles. The number of nitrogens with one attached hydrogen (secondary N) is 1. The van der Waals surface area contributed by atoms with Crippen LogP contribution in [-0.4, -0.2) is 39.2 Å². The summed E-state index contributed by atoms with van der Waals surface area (Å²) in [6, 6.07) is 12.4. The van der Waals surface area contributed by atoms with Gasteiger partial charge < -0.3 is 19.0 Å². The van der Waals surface area contributed by atoms with E-state index in [0.29, 0.717) is 5.56 Å². The predicted octanol–water partition coefficient (Wildman–Crippen LogP) is 3.93. The summed E-state index contributed by atoms with van der Waals surface area (Å²) in [4.78, 5) is 24.6. The van der Waals surface area contributed by atoms with Gasteiger partial charge in [-0.25, -0.2) is 4.79 Å². The summed E-state index contributed by atoms with van der Waals surface area (Å²) in [6.07, 6.45) is -0.679. The molecular weight excluding hydrogens is 434 g/mol. The molecule has 0 aliphatic heterocycles. The fourth-order valence-electron chi connectivity index (χ4n) is 2.74. The largest absolute Gasteiger partial charge is 0.465 e. The van der Waals surface area contributed by atoms with Crippen LogP contribution in [0.5, 0.6) is 5.75 Å². The Hall–Kier alpha value is -3.07. The molecule has 2 aromatic rings. The highest BCUT2D eigenvalue weighted by molar-refractivity contribution is 7.87. The number of carbonyl (C=O) groups is 2. The first kappa shape index (κ1) is 25.2. The van der Waals surface area contributed by atoms with Crippen LogP contribution in [0.1, 0.15) is 44.7 Å². The Bertz CT molecular complexity index is 1040. The zero-order valence-corrected chi connectivity index (χ0v) is 19.7. The number of alkyl carbamates (subject to hydrolysis) is 1. The maximum atomic E-state index is 12.6. The van der Waals surface area contributed by atoms with Gasteiger partial charge in [-0.3, -0.25) is 4.79 Å². The van der Waals surface area contributed by atoms with Crippen LogP contribution in [0.3, 0.4) is 0 Å². The van der Waals surface area contributed by atoms with Crippen LogP contribution in [-0.2, 0) is 24.4 Å². The van der Waals surface area contributed by atoms with E-state index in [1.807, 2.05) is 6.92 Å². The second-order valence-corrected chi connectivity index (χ2v) is 9.66. The molecule has 8 nitrogen and oxygen atoms in total. The Morgan fingerprint density at radius 2 is 1.72 bits per heavy atom. The van der Waals surface area contributed by atoms with Gasteiger partial charge >= 0.3 is 22.2 Å². The number of ether oxygens (including phenoxy) is 2. The summed E-state index contributed by atoms with van der Waals surface area (Å²) >= 11 is 0. The van der Waals surface area contributed by atoms with Gasteiger partial charge in [0.1, 0.15) is 16.2 Å². The van der Waals surface area contributed by atoms with Crippen LogP contribution in [0, 0.1) is 6.92 Å². The van der Waals surface area contributed by atoms with Crippen molar-refractivity contribution in [1.29, 1.82) is 0 Å². The average molecular weight is 464 g/mol. The molecule has 0 aliphatic rings. The summed E-state index contributed by atoms with van der Waals surface area (Å²) in [5, 5.41) is 2.55. The minimum Gasteiger partial charge on any atom is -0.465 e. The van der Waals surface area contributed by atoms with Crippen LogP contribution < -0.4 is 9.50 Å². The number of amides is 1. The number of hydrogen-bond acceptors (Lipinski definition) is 7. The molecule has 32 heavy (non-hydrogen) atoms. The van der Waals surface area contributed by atoms with E-state index in [9.17, 15) is 18.0 Å². The van der Waals surface area contributed by atoms with Gasteiger partial charge in [-0.05, 0) is 64.4 Å². The van der Waals surface area contributed by atoms with Crippen molar-refractivity contribution in [2.24, 2.45) is 0 Å². The van der Waals surface area contributed by atoms with E-state index in [1.54, 1.807) is 52.0 Å². The summed E-state index contributed by atoms with van der Waals surface area (Å²) in [5.41, 5.74) is 0.651. The minimum absolute atomic E-state index is 0.0158.